The molecule has 1 aromatic heterocycles. The fourth-order valence-corrected chi connectivity index (χ4v) is 3.51. The second kappa shape index (κ2) is 8.08. The first-order valence-corrected chi connectivity index (χ1v) is 9.64. The van der Waals surface area contributed by atoms with Crippen LogP contribution < -0.4 is 5.32 Å². The van der Waals surface area contributed by atoms with Crippen LogP contribution in [0.25, 0.3) is 17.4 Å². The normalized spacial score (nSPS) is 14.9. The lowest BCUT2D eigenvalue weighted by Gasteiger charge is -2.12. The molecule has 1 aliphatic rings. The Hall–Kier alpha value is -3.91. The van der Waals surface area contributed by atoms with E-state index in [1.165, 1.54) is 24.3 Å². The van der Waals surface area contributed by atoms with Gasteiger partial charge in [0.15, 0.2) is 0 Å². The molecule has 0 radical (unpaired) electrons. The van der Waals surface area contributed by atoms with Crippen molar-refractivity contribution in [1.29, 1.82) is 0 Å². The summed E-state index contributed by atoms with van der Waals surface area (Å²) >= 11 is 6.14. The molecule has 9 heteroatoms. The molecule has 31 heavy (non-hydrogen) atoms. The smallest absolute Gasteiger partial charge is 0.329 e. The summed E-state index contributed by atoms with van der Waals surface area (Å²) < 4.78 is 5.71. The summed E-state index contributed by atoms with van der Waals surface area (Å²) in [5.74, 6) is 0.239. The molecule has 0 spiro atoms. The highest BCUT2D eigenvalue weighted by atomic mass is 35.5. The number of non-ortho nitro benzene ring substituents is 1. The van der Waals surface area contributed by atoms with Crippen molar-refractivity contribution >= 4 is 35.3 Å². The van der Waals surface area contributed by atoms with E-state index in [1.54, 1.807) is 12.1 Å². The largest absolute Gasteiger partial charge is 0.457 e. The number of nitrogens with zero attached hydrogens (tertiary/aromatic N) is 2. The van der Waals surface area contributed by atoms with E-state index in [9.17, 15) is 19.7 Å². The molecular weight excluding hydrogens is 422 g/mol. The van der Waals surface area contributed by atoms with E-state index in [0.29, 0.717) is 17.1 Å². The highest BCUT2D eigenvalue weighted by Gasteiger charge is 2.33. The molecular formula is C22H16ClN3O5. The number of urea groups is 1. The number of nitrogens with one attached hydrogen (secondary N) is 1. The highest BCUT2D eigenvalue weighted by molar-refractivity contribution is 6.33. The first kappa shape index (κ1) is 20.4. The Balaban J connectivity index is 1.55. The van der Waals surface area contributed by atoms with Gasteiger partial charge in [0.25, 0.3) is 11.6 Å². The fraction of sp³-hybridized carbons (Fsp3) is 0.0909. The van der Waals surface area contributed by atoms with Crippen molar-refractivity contribution in [2.24, 2.45) is 0 Å². The van der Waals surface area contributed by atoms with Gasteiger partial charge in [0.05, 0.1) is 16.5 Å². The Morgan fingerprint density at radius 3 is 2.68 bits per heavy atom. The van der Waals surface area contributed by atoms with Crippen LogP contribution in [0, 0.1) is 17.0 Å². The molecule has 3 amide bonds. The van der Waals surface area contributed by atoms with E-state index < -0.39 is 16.9 Å². The Morgan fingerprint density at radius 2 is 1.97 bits per heavy atom. The third-order valence-corrected chi connectivity index (χ3v) is 5.04. The van der Waals surface area contributed by atoms with E-state index in [2.05, 4.69) is 5.32 Å². The van der Waals surface area contributed by atoms with Crippen molar-refractivity contribution in [2.45, 2.75) is 13.5 Å². The van der Waals surface area contributed by atoms with Crippen LogP contribution in [0.1, 0.15) is 16.9 Å². The molecule has 1 aliphatic heterocycles. The number of benzene rings is 2. The third kappa shape index (κ3) is 4.19. The number of hydrogen-bond acceptors (Lipinski definition) is 5. The van der Waals surface area contributed by atoms with Crippen molar-refractivity contribution < 1.29 is 18.9 Å². The van der Waals surface area contributed by atoms with Crippen molar-refractivity contribution in [3.05, 3.63) is 92.3 Å². The number of halogens is 1. The molecule has 1 fully saturated rings. The van der Waals surface area contributed by atoms with Gasteiger partial charge in [-0.1, -0.05) is 41.4 Å². The molecule has 0 bridgehead atoms. The summed E-state index contributed by atoms with van der Waals surface area (Å²) in [7, 11) is 0. The zero-order chi connectivity index (χ0) is 22.1. The Morgan fingerprint density at radius 1 is 1.16 bits per heavy atom. The zero-order valence-electron chi connectivity index (χ0n) is 16.3. The molecule has 0 saturated carbocycles. The van der Waals surface area contributed by atoms with E-state index in [0.717, 1.165) is 16.0 Å². The lowest BCUT2D eigenvalue weighted by Crippen LogP contribution is -2.30. The number of amides is 3. The predicted molar refractivity (Wildman–Crippen MR) is 114 cm³/mol. The maximum Gasteiger partial charge on any atom is 0.329 e. The van der Waals surface area contributed by atoms with Crippen LogP contribution in [-0.4, -0.2) is 21.8 Å². The lowest BCUT2D eigenvalue weighted by molar-refractivity contribution is -0.384. The minimum Gasteiger partial charge on any atom is -0.457 e. The Bertz CT molecular complexity index is 1250. The molecule has 8 nitrogen and oxygen atoms in total. The van der Waals surface area contributed by atoms with Gasteiger partial charge in [-0.25, -0.2) is 4.79 Å². The number of nitro groups is 1. The summed E-state index contributed by atoms with van der Waals surface area (Å²) in [6.45, 7) is 2.10. The number of carbonyl (C=O) groups is 2. The summed E-state index contributed by atoms with van der Waals surface area (Å²) in [6, 6.07) is 14.4. The average Bonchev–Trinajstić information content (AvgIpc) is 3.28. The molecule has 3 aromatic rings. The van der Waals surface area contributed by atoms with Crippen LogP contribution >= 0.6 is 11.6 Å². The molecule has 2 aromatic carbocycles. The number of aryl methyl sites for hydroxylation is 1. The van der Waals surface area contributed by atoms with E-state index in [1.807, 2.05) is 31.2 Å². The average molecular weight is 438 g/mol. The monoisotopic (exact) mass is 437 g/mol. The first-order chi connectivity index (χ1) is 14.8. The number of rotatable bonds is 5. The lowest BCUT2D eigenvalue weighted by atomic mass is 10.1. The molecule has 0 atom stereocenters. The summed E-state index contributed by atoms with van der Waals surface area (Å²) in [5.41, 5.74) is 2.31. The van der Waals surface area contributed by atoms with Gasteiger partial charge >= 0.3 is 6.03 Å². The molecule has 1 N–H and O–H groups in total. The Labute approximate surface area is 181 Å². The Kier molecular flexibility index (Phi) is 5.31. The second-order valence-corrected chi connectivity index (χ2v) is 7.40. The van der Waals surface area contributed by atoms with Crippen molar-refractivity contribution in [3.63, 3.8) is 0 Å². The van der Waals surface area contributed by atoms with Gasteiger partial charge in [-0.05, 0) is 30.7 Å². The van der Waals surface area contributed by atoms with Gasteiger partial charge in [-0.2, -0.15) is 0 Å². The zero-order valence-corrected chi connectivity index (χ0v) is 17.1. The first-order valence-electron chi connectivity index (χ1n) is 9.26. The highest BCUT2D eigenvalue weighted by Crippen LogP contribution is 2.32. The minimum absolute atomic E-state index is 0.0911. The second-order valence-electron chi connectivity index (χ2n) is 6.99. The van der Waals surface area contributed by atoms with Crippen molar-refractivity contribution in [3.8, 4) is 11.3 Å². The van der Waals surface area contributed by atoms with Crippen LogP contribution in [-0.2, 0) is 11.3 Å². The third-order valence-electron chi connectivity index (χ3n) is 4.73. The maximum atomic E-state index is 12.7. The summed E-state index contributed by atoms with van der Waals surface area (Å²) in [4.78, 5) is 36.4. The van der Waals surface area contributed by atoms with Crippen molar-refractivity contribution in [1.82, 2.24) is 10.2 Å². The van der Waals surface area contributed by atoms with Crippen LogP contribution in [0.4, 0.5) is 10.5 Å². The molecule has 4 rings (SSSR count). The summed E-state index contributed by atoms with van der Waals surface area (Å²) in [5, 5.41) is 13.6. The molecule has 0 unspecified atom stereocenters. The molecule has 0 aliphatic carbocycles. The van der Waals surface area contributed by atoms with Gasteiger partial charge in [0.1, 0.15) is 17.2 Å². The maximum absolute atomic E-state index is 12.7. The SMILES string of the molecule is Cc1cccc(CN2C(=O)N/C(=C/c3ccc(-c4ccc([N+](=O)[O-])cc4Cl)o3)C2=O)c1. The number of furan rings is 1. The van der Waals surface area contributed by atoms with Gasteiger partial charge < -0.3 is 9.73 Å². The molecule has 1 saturated heterocycles. The van der Waals surface area contributed by atoms with Gasteiger partial charge in [0.2, 0.25) is 0 Å². The number of imide groups is 1. The van der Waals surface area contributed by atoms with Gasteiger partial charge in [-0.15, -0.1) is 0 Å². The topological polar surface area (TPSA) is 106 Å². The van der Waals surface area contributed by atoms with Gasteiger partial charge in [-0.3, -0.25) is 19.8 Å². The quantitative estimate of drug-likeness (QED) is 0.264. The van der Waals surface area contributed by atoms with E-state index in [4.69, 9.17) is 16.0 Å². The minimum atomic E-state index is -0.537. The standard InChI is InChI=1S/C22H16ClN3O5/c1-13-3-2-4-14(9-13)12-25-21(27)19(24-22(25)28)11-16-6-8-20(31-16)17-7-5-15(26(29)30)10-18(17)23/h2-11H,12H2,1H3,(H,24,28)/b19-11+. The predicted octanol–water partition coefficient (Wildman–Crippen LogP) is 4.91. The molecule has 156 valence electrons. The van der Waals surface area contributed by atoms with Crippen LogP contribution in [0.5, 0.6) is 0 Å². The van der Waals surface area contributed by atoms with Crippen LogP contribution in [0.2, 0.25) is 5.02 Å². The number of carbonyl (C=O) groups excluding carboxylic acids is 2. The van der Waals surface area contributed by atoms with Crippen LogP contribution in [0.15, 0.2) is 64.7 Å². The van der Waals surface area contributed by atoms with E-state index >= 15 is 0 Å². The number of nitro benzene ring substituents is 1. The summed E-state index contributed by atoms with van der Waals surface area (Å²) in [6.07, 6.45) is 1.43. The van der Waals surface area contributed by atoms with Gasteiger partial charge in [0, 0.05) is 23.8 Å². The number of hydrogen-bond donors (Lipinski definition) is 1. The van der Waals surface area contributed by atoms with E-state index in [-0.39, 0.29) is 23.0 Å². The van der Waals surface area contributed by atoms with Crippen LogP contribution in [0.3, 0.4) is 0 Å². The fourth-order valence-electron chi connectivity index (χ4n) is 3.24. The van der Waals surface area contributed by atoms with Crippen molar-refractivity contribution in [2.75, 3.05) is 0 Å². The molecule has 2 heterocycles.